The fourth-order valence-corrected chi connectivity index (χ4v) is 3.20. The third kappa shape index (κ3) is 2.69. The lowest BCUT2D eigenvalue weighted by atomic mass is 10.0. The van der Waals surface area contributed by atoms with Crippen LogP contribution in [0.1, 0.15) is 16.3 Å². The van der Waals surface area contributed by atoms with Crippen molar-refractivity contribution in [2.75, 3.05) is 7.11 Å². The Labute approximate surface area is 125 Å². The van der Waals surface area contributed by atoms with E-state index < -0.39 is 12.0 Å². The average Bonchev–Trinajstić information content (AvgIpc) is 3.15. The fraction of sp³-hybridized carbons (Fsp3) is 0.357. The number of aromatic amines is 1. The molecule has 1 unspecified atom stereocenters. The molecular formula is C14H15N3O3S. The Balaban J connectivity index is 1.83. The van der Waals surface area contributed by atoms with Crippen molar-refractivity contribution in [2.45, 2.75) is 25.4 Å². The SMILES string of the molecule is COC(=O)C1Cc2nc[nH]c2CN1C(=O)Cc1cccs1. The van der Waals surface area contributed by atoms with E-state index in [9.17, 15) is 9.59 Å². The van der Waals surface area contributed by atoms with Gasteiger partial charge in [-0.15, -0.1) is 11.3 Å². The number of carbonyl (C=O) groups is 2. The monoisotopic (exact) mass is 305 g/mol. The summed E-state index contributed by atoms with van der Waals surface area (Å²) < 4.78 is 4.83. The molecule has 0 spiro atoms. The zero-order valence-electron chi connectivity index (χ0n) is 11.5. The highest BCUT2D eigenvalue weighted by molar-refractivity contribution is 7.10. The summed E-state index contributed by atoms with van der Waals surface area (Å²) in [5.74, 6) is -0.476. The van der Waals surface area contributed by atoms with Gasteiger partial charge in [-0.2, -0.15) is 0 Å². The van der Waals surface area contributed by atoms with Crippen molar-refractivity contribution >= 4 is 23.2 Å². The molecule has 1 aliphatic heterocycles. The van der Waals surface area contributed by atoms with Gasteiger partial charge in [0, 0.05) is 11.3 Å². The van der Waals surface area contributed by atoms with Gasteiger partial charge < -0.3 is 14.6 Å². The van der Waals surface area contributed by atoms with E-state index >= 15 is 0 Å². The molecule has 2 aromatic rings. The summed E-state index contributed by atoms with van der Waals surface area (Å²) in [5, 5.41) is 1.93. The minimum atomic E-state index is -0.599. The number of aromatic nitrogens is 2. The predicted molar refractivity (Wildman–Crippen MR) is 76.7 cm³/mol. The zero-order chi connectivity index (χ0) is 14.8. The van der Waals surface area contributed by atoms with E-state index in [-0.39, 0.29) is 5.91 Å². The number of nitrogens with zero attached hydrogens (tertiary/aromatic N) is 2. The lowest BCUT2D eigenvalue weighted by Crippen LogP contribution is -2.49. The molecule has 1 amide bonds. The molecule has 0 saturated carbocycles. The van der Waals surface area contributed by atoms with Crippen molar-refractivity contribution < 1.29 is 14.3 Å². The smallest absolute Gasteiger partial charge is 0.329 e. The van der Waals surface area contributed by atoms with Crippen molar-refractivity contribution in [3.63, 3.8) is 0 Å². The Morgan fingerprint density at radius 1 is 1.57 bits per heavy atom. The number of imidazole rings is 1. The fourth-order valence-electron chi connectivity index (χ4n) is 2.51. The molecule has 7 heteroatoms. The van der Waals surface area contributed by atoms with Gasteiger partial charge in [0.15, 0.2) is 0 Å². The summed E-state index contributed by atoms with van der Waals surface area (Å²) >= 11 is 1.53. The first kappa shape index (κ1) is 13.8. The standard InChI is InChI=1S/C14H15N3O3S/c1-20-14(19)12-6-10-11(16-8-15-10)7-17(12)13(18)5-9-3-2-4-21-9/h2-4,8,12H,5-7H2,1H3,(H,15,16). The number of H-pyrrole nitrogens is 1. The Bertz CT molecular complexity index is 650. The van der Waals surface area contributed by atoms with E-state index in [1.165, 1.54) is 18.4 Å². The molecule has 0 radical (unpaired) electrons. The number of hydrogen-bond donors (Lipinski definition) is 1. The van der Waals surface area contributed by atoms with Crippen LogP contribution in [0.25, 0.3) is 0 Å². The zero-order valence-corrected chi connectivity index (χ0v) is 12.4. The van der Waals surface area contributed by atoms with E-state index in [0.717, 1.165) is 16.3 Å². The van der Waals surface area contributed by atoms with Crippen LogP contribution in [0.15, 0.2) is 23.8 Å². The summed E-state index contributed by atoms with van der Waals surface area (Å²) in [7, 11) is 1.34. The molecule has 0 aromatic carbocycles. The highest BCUT2D eigenvalue weighted by Gasteiger charge is 2.36. The van der Waals surface area contributed by atoms with Crippen molar-refractivity contribution in [3.05, 3.63) is 40.1 Å². The van der Waals surface area contributed by atoms with Crippen LogP contribution in [-0.2, 0) is 33.7 Å². The molecule has 1 N–H and O–H groups in total. The lowest BCUT2D eigenvalue weighted by Gasteiger charge is -2.33. The average molecular weight is 305 g/mol. The number of nitrogens with one attached hydrogen (secondary N) is 1. The maximum absolute atomic E-state index is 12.5. The van der Waals surface area contributed by atoms with Crippen LogP contribution < -0.4 is 0 Å². The van der Waals surface area contributed by atoms with Gasteiger partial charge in [0.05, 0.1) is 37.8 Å². The van der Waals surface area contributed by atoms with Gasteiger partial charge in [-0.3, -0.25) is 4.79 Å². The van der Waals surface area contributed by atoms with Crippen molar-refractivity contribution in [1.29, 1.82) is 0 Å². The third-order valence-corrected chi connectivity index (χ3v) is 4.47. The number of ether oxygens (including phenoxy) is 1. The van der Waals surface area contributed by atoms with Gasteiger partial charge in [0.25, 0.3) is 0 Å². The number of esters is 1. The largest absolute Gasteiger partial charge is 0.467 e. The molecule has 3 rings (SSSR count). The van der Waals surface area contributed by atoms with E-state index in [2.05, 4.69) is 9.97 Å². The highest BCUT2D eigenvalue weighted by Crippen LogP contribution is 2.23. The van der Waals surface area contributed by atoms with Gasteiger partial charge in [0.1, 0.15) is 6.04 Å². The number of methoxy groups -OCH3 is 1. The number of carbonyl (C=O) groups excluding carboxylic acids is 2. The molecular weight excluding hydrogens is 290 g/mol. The maximum Gasteiger partial charge on any atom is 0.329 e. The Morgan fingerprint density at radius 2 is 2.43 bits per heavy atom. The van der Waals surface area contributed by atoms with Gasteiger partial charge in [-0.05, 0) is 11.4 Å². The van der Waals surface area contributed by atoms with Crippen LogP contribution in [0.4, 0.5) is 0 Å². The second-order valence-electron chi connectivity index (χ2n) is 4.85. The van der Waals surface area contributed by atoms with Crippen molar-refractivity contribution in [1.82, 2.24) is 14.9 Å². The summed E-state index contributed by atoms with van der Waals surface area (Å²) in [6.07, 6.45) is 2.28. The van der Waals surface area contributed by atoms with Crippen LogP contribution in [-0.4, -0.2) is 39.9 Å². The quantitative estimate of drug-likeness (QED) is 0.863. The third-order valence-electron chi connectivity index (χ3n) is 3.60. The normalized spacial score (nSPS) is 17.4. The molecule has 110 valence electrons. The topological polar surface area (TPSA) is 75.3 Å². The summed E-state index contributed by atoms with van der Waals surface area (Å²) in [5.41, 5.74) is 1.71. The van der Waals surface area contributed by atoms with E-state index in [1.54, 1.807) is 11.2 Å². The maximum atomic E-state index is 12.5. The minimum absolute atomic E-state index is 0.0758. The number of thiophene rings is 1. The van der Waals surface area contributed by atoms with Crippen LogP contribution >= 0.6 is 11.3 Å². The molecule has 6 nitrogen and oxygen atoms in total. The molecule has 0 fully saturated rings. The van der Waals surface area contributed by atoms with E-state index in [1.807, 2.05) is 17.5 Å². The second-order valence-corrected chi connectivity index (χ2v) is 5.88. The lowest BCUT2D eigenvalue weighted by molar-refractivity contribution is -0.153. The van der Waals surface area contributed by atoms with Crippen molar-refractivity contribution in [2.24, 2.45) is 0 Å². The Kier molecular flexibility index (Phi) is 3.74. The van der Waals surface area contributed by atoms with Crippen LogP contribution in [0, 0.1) is 0 Å². The molecule has 1 atom stereocenters. The van der Waals surface area contributed by atoms with Gasteiger partial charge in [-0.25, -0.2) is 9.78 Å². The van der Waals surface area contributed by atoms with Gasteiger partial charge in [0.2, 0.25) is 5.91 Å². The molecule has 3 heterocycles. The Hall–Kier alpha value is -2.15. The predicted octanol–water partition coefficient (Wildman–Crippen LogP) is 1.14. The van der Waals surface area contributed by atoms with Gasteiger partial charge >= 0.3 is 5.97 Å². The molecule has 2 aromatic heterocycles. The first-order valence-electron chi connectivity index (χ1n) is 6.60. The van der Waals surface area contributed by atoms with E-state index in [0.29, 0.717) is 19.4 Å². The highest BCUT2D eigenvalue weighted by atomic mass is 32.1. The molecule has 0 aliphatic carbocycles. The molecule has 0 saturated heterocycles. The number of hydrogen-bond acceptors (Lipinski definition) is 5. The Morgan fingerprint density at radius 3 is 3.14 bits per heavy atom. The number of fused-ring (bicyclic) bond motifs is 1. The van der Waals surface area contributed by atoms with Crippen LogP contribution in [0.5, 0.6) is 0 Å². The number of amides is 1. The summed E-state index contributed by atoms with van der Waals surface area (Å²) in [4.78, 5) is 34.3. The molecule has 0 bridgehead atoms. The second kappa shape index (κ2) is 5.69. The minimum Gasteiger partial charge on any atom is -0.467 e. The molecule has 1 aliphatic rings. The first-order valence-corrected chi connectivity index (χ1v) is 7.48. The van der Waals surface area contributed by atoms with E-state index in [4.69, 9.17) is 4.74 Å². The first-order chi connectivity index (χ1) is 10.2. The van der Waals surface area contributed by atoms with Crippen LogP contribution in [0.2, 0.25) is 0 Å². The number of rotatable bonds is 3. The van der Waals surface area contributed by atoms with Gasteiger partial charge in [-0.1, -0.05) is 6.07 Å². The molecule has 21 heavy (non-hydrogen) atoms. The van der Waals surface area contributed by atoms with Crippen molar-refractivity contribution in [3.8, 4) is 0 Å². The summed E-state index contributed by atoms with van der Waals surface area (Å²) in [6.45, 7) is 0.360. The van der Waals surface area contributed by atoms with Crippen LogP contribution in [0.3, 0.4) is 0 Å². The summed E-state index contributed by atoms with van der Waals surface area (Å²) in [6, 6.07) is 3.23.